The minimum atomic E-state index is -3.53. The van der Waals surface area contributed by atoms with Crippen molar-refractivity contribution in [3.8, 4) is 0 Å². The summed E-state index contributed by atoms with van der Waals surface area (Å²) in [6, 6.07) is 11.0. The Kier molecular flexibility index (Phi) is 14.7. The van der Waals surface area contributed by atoms with Gasteiger partial charge in [0, 0.05) is 23.5 Å². The maximum absolute atomic E-state index is 10.6. The van der Waals surface area contributed by atoms with Gasteiger partial charge in [0.1, 0.15) is 0 Å². The van der Waals surface area contributed by atoms with E-state index in [1.807, 2.05) is 0 Å². The first-order valence-electron chi connectivity index (χ1n) is 8.53. The minimum absolute atomic E-state index is 0.136. The average Bonchev–Trinajstić information content (AvgIpc) is 3.36. The van der Waals surface area contributed by atoms with Gasteiger partial charge in [-0.2, -0.15) is 0 Å². The van der Waals surface area contributed by atoms with Gasteiger partial charge in [0.2, 0.25) is 10.5 Å². The predicted octanol–water partition coefficient (Wildman–Crippen LogP) is 5.99. The molecule has 0 aliphatic heterocycles. The minimum Gasteiger partial charge on any atom is -0.460 e. The van der Waals surface area contributed by atoms with Crippen molar-refractivity contribution < 1.29 is 27.2 Å². The molecule has 6 nitrogen and oxygen atoms in total. The van der Waals surface area contributed by atoms with Gasteiger partial charge >= 0.3 is 0 Å². The summed E-state index contributed by atoms with van der Waals surface area (Å²) in [5, 5.41) is -1.06. The lowest BCUT2D eigenvalue weighted by molar-refractivity contribution is -0.115. The first-order chi connectivity index (χ1) is 13.9. The summed E-state index contributed by atoms with van der Waals surface area (Å²) in [5.74, 6) is 0.378. The lowest BCUT2D eigenvalue weighted by atomic mass is 10.1. The molecular formula is C19H20Cl4O6S. The van der Waals surface area contributed by atoms with Gasteiger partial charge in [0.05, 0.1) is 11.2 Å². The highest BCUT2D eigenvalue weighted by Gasteiger charge is 2.20. The van der Waals surface area contributed by atoms with Crippen molar-refractivity contribution in [3.05, 3.63) is 54.5 Å². The Balaban J connectivity index is 0.000000389. The maximum Gasteiger partial charge on any atom is 0.287 e. The van der Waals surface area contributed by atoms with Crippen molar-refractivity contribution in [3.63, 3.8) is 0 Å². The van der Waals surface area contributed by atoms with Gasteiger partial charge in [0.15, 0.2) is 5.76 Å². The zero-order valence-corrected chi connectivity index (χ0v) is 19.7. The number of benzene rings is 1. The number of carbonyl (C=O) groups excluding carboxylic acids is 3. The number of hydrogen-bond acceptors (Lipinski definition) is 6. The van der Waals surface area contributed by atoms with Crippen LogP contribution in [0.25, 0.3) is 0 Å². The second-order valence-electron chi connectivity index (χ2n) is 5.76. The van der Waals surface area contributed by atoms with Gasteiger partial charge in [0.25, 0.3) is 14.3 Å². The summed E-state index contributed by atoms with van der Waals surface area (Å²) in [7, 11) is 1.50. The molecule has 30 heavy (non-hydrogen) atoms. The molecule has 11 heteroatoms. The van der Waals surface area contributed by atoms with Gasteiger partial charge < -0.3 is 4.42 Å². The third-order valence-corrected chi connectivity index (χ3v) is 5.28. The highest BCUT2D eigenvalue weighted by Crippen LogP contribution is 2.26. The smallest absolute Gasteiger partial charge is 0.287 e. The second kappa shape index (κ2) is 15.4. The van der Waals surface area contributed by atoms with Crippen molar-refractivity contribution in [1.29, 1.82) is 0 Å². The monoisotopic (exact) mass is 516 g/mol. The van der Waals surface area contributed by atoms with Crippen LogP contribution < -0.4 is 0 Å². The van der Waals surface area contributed by atoms with Crippen LogP contribution in [0.15, 0.2) is 58.0 Å². The fraction of sp³-hybridized carbons (Fsp3) is 0.316. The molecule has 1 saturated carbocycles. The van der Waals surface area contributed by atoms with E-state index in [4.69, 9.17) is 33.9 Å². The van der Waals surface area contributed by atoms with Crippen molar-refractivity contribution in [2.24, 2.45) is 5.92 Å². The molecule has 1 fully saturated rings. The highest BCUT2D eigenvalue weighted by molar-refractivity contribution is 8.13. The third kappa shape index (κ3) is 14.6. The van der Waals surface area contributed by atoms with Crippen LogP contribution in [0.1, 0.15) is 43.2 Å². The van der Waals surface area contributed by atoms with Crippen LogP contribution in [0.3, 0.4) is 0 Å². The number of carbonyl (C=O) groups is 3. The zero-order valence-electron chi connectivity index (χ0n) is 15.9. The van der Waals surface area contributed by atoms with Gasteiger partial charge in [-0.25, -0.2) is 8.42 Å². The number of furan rings is 1. The molecule has 0 spiro atoms. The van der Waals surface area contributed by atoms with E-state index in [2.05, 4.69) is 16.0 Å². The van der Waals surface area contributed by atoms with E-state index < -0.39 is 14.3 Å². The lowest BCUT2D eigenvalue weighted by Gasteiger charge is -1.96. The number of halogens is 4. The summed E-state index contributed by atoms with van der Waals surface area (Å²) in [4.78, 5) is 29.9. The molecule has 0 N–H and O–H groups in total. The Morgan fingerprint density at radius 1 is 0.933 bits per heavy atom. The summed E-state index contributed by atoms with van der Waals surface area (Å²) in [6.45, 7) is 1.29. The Morgan fingerprint density at radius 2 is 1.43 bits per heavy atom. The lowest BCUT2D eigenvalue weighted by Crippen LogP contribution is -2.01. The Labute approximate surface area is 194 Å². The Hall–Kier alpha value is -1.38. The fourth-order valence-electron chi connectivity index (χ4n) is 2.13. The maximum atomic E-state index is 10.6. The molecule has 0 unspecified atom stereocenters. The predicted molar refractivity (Wildman–Crippen MR) is 118 cm³/mol. The molecule has 1 aromatic carbocycles. The largest absolute Gasteiger partial charge is 0.460 e. The van der Waals surface area contributed by atoms with E-state index in [1.54, 1.807) is 24.3 Å². The van der Waals surface area contributed by atoms with Crippen molar-refractivity contribution >= 4 is 70.3 Å². The molecule has 0 amide bonds. The van der Waals surface area contributed by atoms with Crippen LogP contribution >= 0.6 is 45.5 Å². The van der Waals surface area contributed by atoms with E-state index in [0.29, 0.717) is 0 Å². The van der Waals surface area contributed by atoms with Gasteiger partial charge in [-0.1, -0.05) is 31.0 Å². The summed E-state index contributed by atoms with van der Waals surface area (Å²) >= 11 is 14.9. The molecule has 0 saturated heterocycles. The van der Waals surface area contributed by atoms with Crippen molar-refractivity contribution in [1.82, 2.24) is 0 Å². The molecule has 0 bridgehead atoms. The van der Waals surface area contributed by atoms with Crippen LogP contribution in [-0.2, 0) is 18.6 Å². The summed E-state index contributed by atoms with van der Waals surface area (Å²) < 4.78 is 25.8. The molecule has 166 valence electrons. The van der Waals surface area contributed by atoms with E-state index in [1.165, 1.54) is 44.2 Å². The van der Waals surface area contributed by atoms with Crippen LogP contribution in [0, 0.1) is 5.92 Å². The second-order valence-corrected chi connectivity index (χ2v) is 9.57. The van der Waals surface area contributed by atoms with Gasteiger partial charge in [-0.3, -0.25) is 14.4 Å². The van der Waals surface area contributed by atoms with E-state index in [-0.39, 0.29) is 27.1 Å². The van der Waals surface area contributed by atoms with Gasteiger partial charge in [-0.15, -0.1) is 0 Å². The molecule has 1 aliphatic rings. The van der Waals surface area contributed by atoms with Crippen molar-refractivity contribution in [2.75, 3.05) is 0 Å². The topological polar surface area (TPSA) is 98.5 Å². The molecule has 3 rings (SSSR count). The van der Waals surface area contributed by atoms with Crippen molar-refractivity contribution in [2.45, 2.75) is 37.5 Å². The molecule has 2 aromatic rings. The molecule has 1 aromatic heterocycles. The molecule has 0 atom stereocenters. The molecule has 1 aliphatic carbocycles. The number of rotatable bonds is 3. The van der Waals surface area contributed by atoms with Crippen LogP contribution in [0.5, 0.6) is 0 Å². The van der Waals surface area contributed by atoms with Crippen LogP contribution in [0.4, 0.5) is 0 Å². The normalized spacial score (nSPS) is 12.8. The number of hydrogen-bond donors (Lipinski definition) is 0. The third-order valence-electron chi connectivity index (χ3n) is 3.42. The SMILES string of the molecule is CC(=O)Cl.O=C(Cl)C1CCCC1.O=C(Cl)c1ccco1.O=S(=O)(Cl)c1ccccc1. The quantitative estimate of drug-likeness (QED) is 0.464. The summed E-state index contributed by atoms with van der Waals surface area (Å²) in [5.41, 5.74) is 0. The Bertz CT molecular complexity index is 873. The fourth-order valence-corrected chi connectivity index (χ4v) is 3.24. The molecule has 1 heterocycles. The standard InChI is InChI=1S/C6H5ClO2S.C6H9ClO.C5H3ClO2.C2H3ClO/c7-10(8,9)6-4-2-1-3-5-6;7-6(8)5-3-1-2-4-5;6-5(7)4-2-1-3-8-4;1-2(3)4/h1-5H;5H,1-4H2;1-3H;1H3. The summed E-state index contributed by atoms with van der Waals surface area (Å²) in [6.07, 6.45) is 5.80. The van der Waals surface area contributed by atoms with E-state index >= 15 is 0 Å². The average molecular weight is 518 g/mol. The van der Waals surface area contributed by atoms with Crippen LogP contribution in [0.2, 0.25) is 0 Å². The Morgan fingerprint density at radius 3 is 1.67 bits per heavy atom. The first kappa shape index (κ1) is 28.6. The first-order valence-corrected chi connectivity index (χ1v) is 12.0. The highest BCUT2D eigenvalue weighted by atomic mass is 35.7. The zero-order chi connectivity index (χ0) is 23.2. The van der Waals surface area contributed by atoms with Crippen LogP contribution in [-0.4, -0.2) is 24.1 Å². The van der Waals surface area contributed by atoms with E-state index in [9.17, 15) is 22.8 Å². The molecule has 0 radical (unpaired) electrons. The molecular weight excluding hydrogens is 498 g/mol. The van der Waals surface area contributed by atoms with E-state index in [0.717, 1.165) is 12.8 Å². The van der Waals surface area contributed by atoms with Gasteiger partial charge in [-0.05, 0) is 71.9 Å².